The molecule has 0 unspecified atom stereocenters. The van der Waals surface area contributed by atoms with E-state index in [-0.39, 0.29) is 5.97 Å². The summed E-state index contributed by atoms with van der Waals surface area (Å²) in [5, 5.41) is 0. The first-order valence-corrected chi connectivity index (χ1v) is 6.80. The third-order valence-corrected chi connectivity index (χ3v) is 3.74. The molecule has 2 aromatic rings. The van der Waals surface area contributed by atoms with Crippen molar-refractivity contribution < 1.29 is 9.53 Å². The number of anilines is 1. The molecular formula is C13H13ClN2O2S. The Hall–Kier alpha value is -1.59. The Labute approximate surface area is 120 Å². The Morgan fingerprint density at radius 3 is 2.84 bits per heavy atom. The van der Waals surface area contributed by atoms with E-state index in [0.29, 0.717) is 16.6 Å². The molecular weight excluding hydrogens is 284 g/mol. The van der Waals surface area contributed by atoms with E-state index in [2.05, 4.69) is 4.98 Å². The third-order valence-electron chi connectivity index (χ3n) is 2.64. The number of thiazole rings is 1. The van der Waals surface area contributed by atoms with Gasteiger partial charge in [-0.1, -0.05) is 23.7 Å². The molecule has 1 aromatic heterocycles. The third kappa shape index (κ3) is 3.24. The number of hydrogen-bond acceptors (Lipinski definition) is 5. The van der Waals surface area contributed by atoms with Crippen LogP contribution < -0.4 is 4.90 Å². The molecule has 1 aromatic carbocycles. The molecule has 0 spiro atoms. The average molecular weight is 297 g/mol. The smallest absolute Gasteiger partial charge is 0.339 e. The molecule has 0 saturated heterocycles. The van der Waals surface area contributed by atoms with Gasteiger partial charge in [-0.25, -0.2) is 9.78 Å². The highest BCUT2D eigenvalue weighted by Crippen LogP contribution is 2.24. The quantitative estimate of drug-likeness (QED) is 0.813. The zero-order chi connectivity index (χ0) is 13.8. The number of para-hydroxylation sites is 1. The predicted molar refractivity (Wildman–Crippen MR) is 77.0 cm³/mol. The van der Waals surface area contributed by atoms with Crippen LogP contribution in [0.1, 0.15) is 15.2 Å². The molecule has 0 N–H and O–H groups in total. The van der Waals surface area contributed by atoms with Crippen LogP contribution in [0.15, 0.2) is 30.5 Å². The lowest BCUT2D eigenvalue weighted by Crippen LogP contribution is -2.19. The molecule has 0 atom stereocenters. The molecule has 0 amide bonds. The molecule has 1 heterocycles. The minimum Gasteiger partial charge on any atom is -0.465 e. The standard InChI is InChI=1S/C13H13ClN2O2S/c1-16(8-9-7-15-13(14)19-9)11-6-4-3-5-10(11)12(17)18-2/h3-7H,8H2,1-2H3. The molecule has 6 heteroatoms. The van der Waals surface area contributed by atoms with Crippen molar-refractivity contribution in [3.63, 3.8) is 0 Å². The molecule has 0 fully saturated rings. The van der Waals surface area contributed by atoms with E-state index in [4.69, 9.17) is 16.3 Å². The van der Waals surface area contributed by atoms with Crippen LogP contribution in [-0.4, -0.2) is 25.1 Å². The summed E-state index contributed by atoms with van der Waals surface area (Å²) in [6, 6.07) is 7.33. The number of rotatable bonds is 4. The van der Waals surface area contributed by atoms with Gasteiger partial charge in [0.15, 0.2) is 4.47 Å². The van der Waals surface area contributed by atoms with E-state index in [1.54, 1.807) is 12.3 Å². The Bertz CT molecular complexity index is 586. The number of nitrogens with zero attached hydrogens (tertiary/aromatic N) is 2. The molecule has 19 heavy (non-hydrogen) atoms. The molecule has 0 aliphatic heterocycles. The van der Waals surface area contributed by atoms with Gasteiger partial charge in [0.05, 0.1) is 24.9 Å². The monoisotopic (exact) mass is 296 g/mol. The van der Waals surface area contributed by atoms with Crippen LogP contribution in [-0.2, 0) is 11.3 Å². The SMILES string of the molecule is COC(=O)c1ccccc1N(C)Cc1cnc(Cl)s1. The first-order valence-electron chi connectivity index (χ1n) is 5.60. The lowest BCUT2D eigenvalue weighted by atomic mass is 10.1. The summed E-state index contributed by atoms with van der Waals surface area (Å²) in [4.78, 5) is 18.7. The maximum Gasteiger partial charge on any atom is 0.339 e. The van der Waals surface area contributed by atoms with Gasteiger partial charge < -0.3 is 9.64 Å². The fraction of sp³-hybridized carbons (Fsp3) is 0.231. The Morgan fingerprint density at radius 2 is 2.21 bits per heavy atom. The van der Waals surface area contributed by atoms with Crippen molar-refractivity contribution in [3.05, 3.63) is 45.4 Å². The number of carbonyl (C=O) groups excluding carboxylic acids is 1. The highest BCUT2D eigenvalue weighted by atomic mass is 35.5. The van der Waals surface area contributed by atoms with E-state index in [1.807, 2.05) is 30.1 Å². The molecule has 0 aliphatic rings. The van der Waals surface area contributed by atoms with Crippen LogP contribution in [0.4, 0.5) is 5.69 Å². The summed E-state index contributed by atoms with van der Waals surface area (Å²) in [7, 11) is 3.29. The minimum atomic E-state index is -0.343. The van der Waals surface area contributed by atoms with Gasteiger partial charge in [-0.15, -0.1) is 11.3 Å². The van der Waals surface area contributed by atoms with Gasteiger partial charge in [0, 0.05) is 18.1 Å². The van der Waals surface area contributed by atoms with Crippen LogP contribution in [0, 0.1) is 0 Å². The van der Waals surface area contributed by atoms with E-state index < -0.39 is 0 Å². The van der Waals surface area contributed by atoms with Gasteiger partial charge in [0.25, 0.3) is 0 Å². The van der Waals surface area contributed by atoms with Gasteiger partial charge in [-0.2, -0.15) is 0 Å². The van der Waals surface area contributed by atoms with Crippen LogP contribution in [0.2, 0.25) is 4.47 Å². The topological polar surface area (TPSA) is 42.4 Å². The lowest BCUT2D eigenvalue weighted by Gasteiger charge is -2.20. The highest BCUT2D eigenvalue weighted by molar-refractivity contribution is 7.15. The first kappa shape index (κ1) is 13.8. The predicted octanol–water partition coefficient (Wildman–Crippen LogP) is 3.22. The fourth-order valence-corrected chi connectivity index (χ4v) is 2.80. The van der Waals surface area contributed by atoms with E-state index in [0.717, 1.165) is 10.6 Å². The van der Waals surface area contributed by atoms with Gasteiger partial charge in [0.1, 0.15) is 0 Å². The molecule has 100 valence electrons. The van der Waals surface area contributed by atoms with E-state index >= 15 is 0 Å². The zero-order valence-corrected chi connectivity index (χ0v) is 12.2. The molecule has 4 nitrogen and oxygen atoms in total. The van der Waals surface area contributed by atoms with Crippen molar-refractivity contribution in [2.45, 2.75) is 6.54 Å². The van der Waals surface area contributed by atoms with Gasteiger partial charge in [-0.05, 0) is 12.1 Å². The van der Waals surface area contributed by atoms with E-state index in [9.17, 15) is 4.79 Å². The normalized spacial score (nSPS) is 10.3. The van der Waals surface area contributed by atoms with Gasteiger partial charge in [-0.3, -0.25) is 0 Å². The molecule has 0 aliphatic carbocycles. The largest absolute Gasteiger partial charge is 0.465 e. The molecule has 0 bridgehead atoms. The summed E-state index contributed by atoms with van der Waals surface area (Å²) in [5.74, 6) is -0.343. The Morgan fingerprint density at radius 1 is 1.47 bits per heavy atom. The van der Waals surface area contributed by atoms with Gasteiger partial charge >= 0.3 is 5.97 Å². The van der Waals surface area contributed by atoms with Crippen molar-refractivity contribution in [3.8, 4) is 0 Å². The second-order valence-electron chi connectivity index (χ2n) is 3.94. The van der Waals surface area contributed by atoms with Crippen molar-refractivity contribution >= 4 is 34.6 Å². The summed E-state index contributed by atoms with van der Waals surface area (Å²) < 4.78 is 5.30. The number of carbonyl (C=O) groups is 1. The van der Waals surface area contributed by atoms with Crippen LogP contribution in [0.5, 0.6) is 0 Å². The summed E-state index contributed by atoms with van der Waals surface area (Å²) >= 11 is 7.24. The second-order valence-corrected chi connectivity index (χ2v) is 5.64. The number of methoxy groups -OCH3 is 1. The molecule has 0 radical (unpaired) electrons. The van der Waals surface area contributed by atoms with Crippen LogP contribution >= 0.6 is 22.9 Å². The fourth-order valence-electron chi connectivity index (χ4n) is 1.76. The first-order chi connectivity index (χ1) is 9.11. The summed E-state index contributed by atoms with van der Waals surface area (Å²) in [6.07, 6.45) is 1.74. The minimum absolute atomic E-state index is 0.343. The zero-order valence-electron chi connectivity index (χ0n) is 10.6. The lowest BCUT2D eigenvalue weighted by molar-refractivity contribution is 0.0601. The maximum absolute atomic E-state index is 11.7. The van der Waals surface area contributed by atoms with Crippen LogP contribution in [0.3, 0.4) is 0 Å². The maximum atomic E-state index is 11.7. The second kappa shape index (κ2) is 6.04. The number of esters is 1. The Kier molecular flexibility index (Phi) is 4.39. The number of ether oxygens (including phenoxy) is 1. The van der Waals surface area contributed by atoms with Crippen molar-refractivity contribution in [2.24, 2.45) is 0 Å². The number of halogens is 1. The summed E-state index contributed by atoms with van der Waals surface area (Å²) in [5.41, 5.74) is 1.36. The number of aromatic nitrogens is 1. The van der Waals surface area contributed by atoms with Gasteiger partial charge in [0.2, 0.25) is 0 Å². The van der Waals surface area contributed by atoms with Crippen molar-refractivity contribution in [2.75, 3.05) is 19.1 Å². The molecule has 0 saturated carbocycles. The average Bonchev–Trinajstić information content (AvgIpc) is 2.83. The van der Waals surface area contributed by atoms with Crippen LogP contribution in [0.25, 0.3) is 0 Å². The Balaban J connectivity index is 2.23. The summed E-state index contributed by atoms with van der Waals surface area (Å²) in [6.45, 7) is 0.637. The number of hydrogen-bond donors (Lipinski definition) is 0. The van der Waals surface area contributed by atoms with E-state index in [1.165, 1.54) is 18.4 Å². The molecule has 2 rings (SSSR count). The number of benzene rings is 1. The highest BCUT2D eigenvalue weighted by Gasteiger charge is 2.14. The van der Waals surface area contributed by atoms with Crippen molar-refractivity contribution in [1.29, 1.82) is 0 Å². The van der Waals surface area contributed by atoms with Crippen molar-refractivity contribution in [1.82, 2.24) is 4.98 Å².